The number of nitrogens with one attached hydrogen (secondary N) is 1. The number of rotatable bonds is 4. The van der Waals surface area contributed by atoms with E-state index >= 15 is 0 Å². The summed E-state index contributed by atoms with van der Waals surface area (Å²) in [6.07, 6.45) is 2.71. The highest BCUT2D eigenvalue weighted by Gasteiger charge is 2.28. The number of ketones is 1. The van der Waals surface area contributed by atoms with E-state index in [1.54, 1.807) is 12.1 Å². The first kappa shape index (κ1) is 11.9. The summed E-state index contributed by atoms with van der Waals surface area (Å²) in [5, 5.41) is 2.56. The van der Waals surface area contributed by atoms with Crippen molar-refractivity contribution < 1.29 is 18.7 Å². The van der Waals surface area contributed by atoms with E-state index < -0.39 is 6.10 Å². The fourth-order valence-electron chi connectivity index (χ4n) is 1.80. The Balaban J connectivity index is 1.78. The van der Waals surface area contributed by atoms with Gasteiger partial charge in [-0.3, -0.25) is 9.59 Å². The molecule has 2 heterocycles. The molecule has 0 unspecified atom stereocenters. The minimum absolute atomic E-state index is 0.0550. The predicted octanol–water partition coefficient (Wildman–Crippen LogP) is 1.15. The van der Waals surface area contributed by atoms with E-state index in [1.807, 2.05) is 6.92 Å². The van der Waals surface area contributed by atoms with E-state index in [1.165, 1.54) is 6.26 Å². The predicted molar refractivity (Wildman–Crippen MR) is 59.6 cm³/mol. The number of Topliss-reactive ketones (excluding diaryl/α,β-unsaturated/α-hetero) is 1. The van der Waals surface area contributed by atoms with Gasteiger partial charge in [0.1, 0.15) is 6.10 Å². The van der Waals surface area contributed by atoms with Crippen LogP contribution in [-0.2, 0) is 9.53 Å². The lowest BCUT2D eigenvalue weighted by Crippen LogP contribution is -2.37. The van der Waals surface area contributed by atoms with Crippen LogP contribution >= 0.6 is 0 Å². The Labute approximate surface area is 99.1 Å². The summed E-state index contributed by atoms with van der Waals surface area (Å²) in [6.45, 7) is 1.88. The second-order valence-electron chi connectivity index (χ2n) is 4.13. The molecule has 5 heteroatoms. The molecule has 0 bridgehead atoms. The Bertz CT molecular complexity index is 399. The molecule has 5 nitrogen and oxygen atoms in total. The Kier molecular flexibility index (Phi) is 3.58. The van der Waals surface area contributed by atoms with E-state index in [-0.39, 0.29) is 30.1 Å². The zero-order valence-electron chi connectivity index (χ0n) is 9.64. The summed E-state index contributed by atoms with van der Waals surface area (Å²) in [6, 6.07) is 3.21. The molecule has 0 saturated carbocycles. The summed E-state index contributed by atoms with van der Waals surface area (Å²) < 4.78 is 10.3. The standard InChI is InChI=1S/C12H15NO4/c1-8-4-5-11(17-8)12(15)13-7-9(14)10-3-2-6-16-10/h2-3,6,8,11H,4-5,7H2,1H3,(H,13,15)/t8-,11-/m1/s1. The van der Waals surface area contributed by atoms with Crippen LogP contribution in [0.5, 0.6) is 0 Å². The molecule has 1 saturated heterocycles. The monoisotopic (exact) mass is 237 g/mol. The normalized spacial score (nSPS) is 23.6. The molecule has 92 valence electrons. The van der Waals surface area contributed by atoms with Crippen LogP contribution in [0.4, 0.5) is 0 Å². The van der Waals surface area contributed by atoms with Gasteiger partial charge in [0.15, 0.2) is 5.76 Å². The van der Waals surface area contributed by atoms with Gasteiger partial charge in [0, 0.05) is 0 Å². The van der Waals surface area contributed by atoms with Crippen LogP contribution in [0, 0.1) is 0 Å². The summed E-state index contributed by atoms with van der Waals surface area (Å²) in [5.41, 5.74) is 0. The van der Waals surface area contributed by atoms with Crippen molar-refractivity contribution in [2.45, 2.75) is 32.0 Å². The molecule has 1 amide bonds. The highest BCUT2D eigenvalue weighted by Crippen LogP contribution is 2.18. The van der Waals surface area contributed by atoms with Crippen molar-refractivity contribution >= 4 is 11.7 Å². The zero-order valence-corrected chi connectivity index (χ0v) is 9.64. The van der Waals surface area contributed by atoms with Gasteiger partial charge in [-0.2, -0.15) is 0 Å². The van der Waals surface area contributed by atoms with Crippen molar-refractivity contribution in [2.75, 3.05) is 6.54 Å². The molecule has 0 aromatic carbocycles. The highest BCUT2D eigenvalue weighted by atomic mass is 16.5. The second kappa shape index (κ2) is 5.14. The Morgan fingerprint density at radius 3 is 2.88 bits per heavy atom. The van der Waals surface area contributed by atoms with Gasteiger partial charge >= 0.3 is 0 Å². The lowest BCUT2D eigenvalue weighted by molar-refractivity contribution is -0.131. The molecule has 1 aromatic rings. The lowest BCUT2D eigenvalue weighted by atomic mass is 10.2. The van der Waals surface area contributed by atoms with Gasteiger partial charge in [0.05, 0.1) is 18.9 Å². The molecule has 17 heavy (non-hydrogen) atoms. The Morgan fingerprint density at radius 2 is 2.29 bits per heavy atom. The van der Waals surface area contributed by atoms with Gasteiger partial charge in [0.2, 0.25) is 11.7 Å². The maximum Gasteiger partial charge on any atom is 0.249 e. The van der Waals surface area contributed by atoms with Crippen LogP contribution in [0.3, 0.4) is 0 Å². The lowest BCUT2D eigenvalue weighted by Gasteiger charge is -2.10. The van der Waals surface area contributed by atoms with Gasteiger partial charge in [-0.1, -0.05) is 0 Å². The van der Waals surface area contributed by atoms with Crippen molar-refractivity contribution in [1.82, 2.24) is 5.32 Å². The first-order chi connectivity index (χ1) is 8.16. The average Bonchev–Trinajstić information content (AvgIpc) is 2.95. The summed E-state index contributed by atoms with van der Waals surface area (Å²) >= 11 is 0. The minimum Gasteiger partial charge on any atom is -0.461 e. The van der Waals surface area contributed by atoms with Crippen LogP contribution in [0.2, 0.25) is 0 Å². The van der Waals surface area contributed by atoms with Gasteiger partial charge in [0.25, 0.3) is 0 Å². The van der Waals surface area contributed by atoms with Crippen molar-refractivity contribution in [3.63, 3.8) is 0 Å². The smallest absolute Gasteiger partial charge is 0.249 e. The van der Waals surface area contributed by atoms with Crippen molar-refractivity contribution in [2.24, 2.45) is 0 Å². The molecule has 0 radical (unpaired) electrons. The van der Waals surface area contributed by atoms with Crippen LogP contribution in [0.25, 0.3) is 0 Å². The second-order valence-corrected chi connectivity index (χ2v) is 4.13. The summed E-state index contributed by atoms with van der Waals surface area (Å²) in [4.78, 5) is 23.2. The van der Waals surface area contributed by atoms with Crippen molar-refractivity contribution in [3.8, 4) is 0 Å². The molecule has 0 aliphatic carbocycles. The fourth-order valence-corrected chi connectivity index (χ4v) is 1.80. The molecule has 1 aliphatic rings. The van der Waals surface area contributed by atoms with Gasteiger partial charge < -0.3 is 14.5 Å². The molecule has 0 spiro atoms. The van der Waals surface area contributed by atoms with Crippen molar-refractivity contribution in [3.05, 3.63) is 24.2 Å². The minimum atomic E-state index is -0.422. The average molecular weight is 237 g/mol. The molecular formula is C12H15NO4. The van der Waals surface area contributed by atoms with E-state index in [9.17, 15) is 9.59 Å². The molecule has 1 N–H and O–H groups in total. The number of furan rings is 1. The zero-order chi connectivity index (χ0) is 12.3. The molecule has 2 rings (SSSR count). The number of carbonyl (C=O) groups excluding carboxylic acids is 2. The van der Waals surface area contributed by atoms with Crippen LogP contribution in [-0.4, -0.2) is 30.4 Å². The highest BCUT2D eigenvalue weighted by molar-refractivity contribution is 5.97. The maximum absolute atomic E-state index is 11.6. The van der Waals surface area contributed by atoms with Gasteiger partial charge in [-0.15, -0.1) is 0 Å². The first-order valence-electron chi connectivity index (χ1n) is 5.66. The maximum atomic E-state index is 11.6. The fraction of sp³-hybridized carbons (Fsp3) is 0.500. The molecule has 2 atom stereocenters. The number of amides is 1. The van der Waals surface area contributed by atoms with Gasteiger partial charge in [-0.05, 0) is 31.9 Å². The summed E-state index contributed by atoms with van der Waals surface area (Å²) in [7, 11) is 0. The van der Waals surface area contributed by atoms with E-state index in [4.69, 9.17) is 9.15 Å². The number of hydrogen-bond donors (Lipinski definition) is 1. The van der Waals surface area contributed by atoms with E-state index in [2.05, 4.69) is 5.32 Å². The van der Waals surface area contributed by atoms with Crippen LogP contribution < -0.4 is 5.32 Å². The third kappa shape index (κ3) is 2.94. The van der Waals surface area contributed by atoms with Gasteiger partial charge in [-0.25, -0.2) is 0 Å². The van der Waals surface area contributed by atoms with E-state index in [0.717, 1.165) is 6.42 Å². The topological polar surface area (TPSA) is 68.5 Å². The molecule has 1 aromatic heterocycles. The largest absolute Gasteiger partial charge is 0.461 e. The number of ether oxygens (including phenoxy) is 1. The quantitative estimate of drug-likeness (QED) is 0.797. The third-order valence-corrected chi connectivity index (χ3v) is 2.74. The SMILES string of the molecule is C[C@@H]1CC[C@H](C(=O)NCC(=O)c2ccco2)O1. The summed E-state index contributed by atoms with van der Waals surface area (Å²) in [5.74, 6) is -0.213. The van der Waals surface area contributed by atoms with Crippen molar-refractivity contribution in [1.29, 1.82) is 0 Å². The molecule has 1 aliphatic heterocycles. The molecule has 1 fully saturated rings. The number of carbonyl (C=O) groups is 2. The third-order valence-electron chi connectivity index (χ3n) is 2.74. The van der Waals surface area contributed by atoms with E-state index in [0.29, 0.717) is 6.42 Å². The van der Waals surface area contributed by atoms with Crippen LogP contribution in [0.1, 0.15) is 30.3 Å². The van der Waals surface area contributed by atoms with Crippen LogP contribution in [0.15, 0.2) is 22.8 Å². The Hall–Kier alpha value is -1.62. The first-order valence-corrected chi connectivity index (χ1v) is 5.66. The Morgan fingerprint density at radius 1 is 1.47 bits per heavy atom. The number of hydrogen-bond acceptors (Lipinski definition) is 4. The molecular weight excluding hydrogens is 222 g/mol.